The van der Waals surface area contributed by atoms with Crippen molar-refractivity contribution in [3.63, 3.8) is 0 Å². The van der Waals surface area contributed by atoms with E-state index in [1.165, 1.54) is 0 Å². The van der Waals surface area contributed by atoms with E-state index in [0.717, 1.165) is 0 Å². The van der Waals surface area contributed by atoms with Gasteiger partial charge in [0.05, 0.1) is 0 Å². The fourth-order valence-corrected chi connectivity index (χ4v) is 1.06. The summed E-state index contributed by atoms with van der Waals surface area (Å²) in [6.07, 6.45) is 0. The molecule has 2 bridgehead atoms. The molecule has 2 rings (SSSR count). The molecule has 2 aliphatic rings. The summed E-state index contributed by atoms with van der Waals surface area (Å²) in [6, 6.07) is 0. The molecule has 0 aliphatic carbocycles. The summed E-state index contributed by atoms with van der Waals surface area (Å²) in [5, 5.41) is 35.9. The third-order valence-corrected chi connectivity index (χ3v) is 1.50. The molecule has 0 amide bonds. The Labute approximate surface area is 181 Å². The van der Waals surface area contributed by atoms with Crippen LogP contribution in [0.1, 0.15) is 0 Å². The first-order valence-corrected chi connectivity index (χ1v) is 3.39. The van der Waals surface area contributed by atoms with Crippen LogP contribution in [0.5, 0.6) is 0 Å². The van der Waals surface area contributed by atoms with E-state index >= 15 is 0 Å². The minimum atomic E-state index is -3.45. The Morgan fingerprint density at radius 1 is 0.706 bits per heavy atom. The zero-order chi connectivity index (χ0) is 9.69. The van der Waals surface area contributed by atoms with Crippen LogP contribution in [-0.2, 0) is 22.9 Å². The molecular formula is H8B4K2O11. The van der Waals surface area contributed by atoms with E-state index < -0.39 is 28.6 Å². The SMILES string of the molecule is O.O.OB1O[B-]2(O)OB(O)O[B-](O)(O1)O2.[K+].[K+]. The maximum atomic E-state index is 9.18. The molecule has 0 spiro atoms. The first kappa shape index (κ1) is 25.1. The van der Waals surface area contributed by atoms with Crippen molar-refractivity contribution in [2.24, 2.45) is 0 Å². The molecule has 8 N–H and O–H groups in total. The first-order valence-electron chi connectivity index (χ1n) is 3.39. The van der Waals surface area contributed by atoms with Crippen LogP contribution in [-0.4, -0.2) is 59.6 Å². The van der Waals surface area contributed by atoms with Gasteiger partial charge in [0, 0.05) is 0 Å². The number of rotatable bonds is 0. The average Bonchev–Trinajstić information content (AvgIpc) is 1.75. The minimum absolute atomic E-state index is 0. The van der Waals surface area contributed by atoms with E-state index in [4.69, 9.17) is 10.0 Å². The number of hydrogen-bond acceptors (Lipinski definition) is 9. The second-order valence-electron chi connectivity index (χ2n) is 2.50. The Hall–Kier alpha value is 3.09. The van der Waals surface area contributed by atoms with Crippen LogP contribution in [0, 0.1) is 0 Å². The van der Waals surface area contributed by atoms with Crippen LogP contribution in [0.4, 0.5) is 0 Å². The molecule has 0 aromatic carbocycles. The van der Waals surface area contributed by atoms with Gasteiger partial charge in [0.25, 0.3) is 0 Å². The van der Waals surface area contributed by atoms with Gasteiger partial charge >= 0.3 is 131 Å². The number of fused-ring (bicyclic) bond motifs is 2. The van der Waals surface area contributed by atoms with Crippen LogP contribution >= 0.6 is 0 Å². The van der Waals surface area contributed by atoms with Gasteiger partial charge < -0.3 is 53.9 Å². The second kappa shape index (κ2) is 9.18. The maximum absolute atomic E-state index is 9.18. The van der Waals surface area contributed by atoms with Crippen LogP contribution < -0.4 is 103 Å². The molecule has 17 heavy (non-hydrogen) atoms. The molecule has 88 valence electrons. The smallest absolute Gasteiger partial charge is 0.679 e. The Kier molecular flexibility index (Phi) is 13.5. The molecule has 0 aromatic heterocycles. The number of hydrogen-bond donors (Lipinski definition) is 4. The van der Waals surface area contributed by atoms with Crippen LogP contribution in [0.3, 0.4) is 0 Å². The molecule has 11 nitrogen and oxygen atoms in total. The zero-order valence-corrected chi connectivity index (χ0v) is 15.4. The fourth-order valence-electron chi connectivity index (χ4n) is 1.06. The van der Waals surface area contributed by atoms with Gasteiger partial charge in [-0.05, 0) is 0 Å². The van der Waals surface area contributed by atoms with Gasteiger partial charge in [-0.2, -0.15) is 0 Å². The van der Waals surface area contributed by atoms with Gasteiger partial charge in [0.15, 0.2) is 0 Å². The molecule has 2 heterocycles. The fraction of sp³-hybridized carbons (Fsp3) is 0. The monoisotopic (exact) mass is 306 g/mol. The van der Waals surface area contributed by atoms with Crippen molar-refractivity contribution < 1.29 is 157 Å². The van der Waals surface area contributed by atoms with Gasteiger partial charge in [-0.1, -0.05) is 0 Å². The molecule has 17 heteroatoms. The van der Waals surface area contributed by atoms with E-state index in [1.807, 2.05) is 0 Å². The van der Waals surface area contributed by atoms with E-state index in [9.17, 15) is 10.0 Å². The normalized spacial score (nSPS) is 34.6. The molecule has 0 saturated carbocycles. The predicted octanol–water partition coefficient (Wildman–Crippen LogP) is -11.7. The Morgan fingerprint density at radius 3 is 1.18 bits per heavy atom. The second-order valence-corrected chi connectivity index (χ2v) is 2.50. The summed E-state index contributed by atoms with van der Waals surface area (Å²) >= 11 is 0. The van der Waals surface area contributed by atoms with Gasteiger partial charge in [0.2, 0.25) is 0 Å². The van der Waals surface area contributed by atoms with Crippen molar-refractivity contribution in [1.29, 1.82) is 0 Å². The summed E-state index contributed by atoms with van der Waals surface area (Å²) in [5.74, 6) is 0. The van der Waals surface area contributed by atoms with E-state index in [1.54, 1.807) is 0 Å². The standard InChI is InChI=1S/B4H4O9.2K.2H2O/c5-1-9-3(7)11-2(6)12-4(8,10-1)13-3;;;;/h5-8H;;;2*1H2/q-2;2*+1;;. The van der Waals surface area contributed by atoms with Crippen molar-refractivity contribution in [2.75, 3.05) is 0 Å². The maximum Gasteiger partial charge on any atom is 1.00 e. The van der Waals surface area contributed by atoms with Crippen LogP contribution in [0.15, 0.2) is 0 Å². The molecule has 0 atom stereocenters. The molecule has 2 fully saturated rings. The van der Waals surface area contributed by atoms with E-state index in [0.29, 0.717) is 0 Å². The molecular weight excluding hydrogens is 297 g/mol. The zero-order valence-electron chi connectivity index (χ0n) is 9.14. The summed E-state index contributed by atoms with van der Waals surface area (Å²) in [4.78, 5) is 0. The third kappa shape index (κ3) is 6.59. The van der Waals surface area contributed by atoms with E-state index in [2.05, 4.69) is 22.9 Å². The van der Waals surface area contributed by atoms with Gasteiger partial charge in [-0.15, -0.1) is 0 Å². The Morgan fingerprint density at radius 2 is 0.941 bits per heavy atom. The van der Waals surface area contributed by atoms with Crippen molar-refractivity contribution >= 4 is 28.6 Å². The largest absolute Gasteiger partial charge is 1.00 e. The van der Waals surface area contributed by atoms with Crippen molar-refractivity contribution in [2.45, 2.75) is 0 Å². The van der Waals surface area contributed by atoms with Crippen LogP contribution in [0.25, 0.3) is 0 Å². The quantitative estimate of drug-likeness (QED) is 0.315. The summed E-state index contributed by atoms with van der Waals surface area (Å²) in [7, 11) is -3.92. The van der Waals surface area contributed by atoms with Crippen molar-refractivity contribution in [3.05, 3.63) is 0 Å². The van der Waals surface area contributed by atoms with Gasteiger partial charge in [-0.3, -0.25) is 0 Å². The van der Waals surface area contributed by atoms with Gasteiger partial charge in [-0.25, -0.2) is 0 Å². The molecule has 0 radical (unpaired) electrons. The Balaban J connectivity index is -0.000000490. The summed E-state index contributed by atoms with van der Waals surface area (Å²) < 4.78 is 21.1. The summed E-state index contributed by atoms with van der Waals surface area (Å²) in [6.45, 7) is -6.90. The molecule has 2 saturated heterocycles. The average molecular weight is 305 g/mol. The van der Waals surface area contributed by atoms with E-state index in [-0.39, 0.29) is 114 Å². The molecule has 0 aromatic rings. The topological polar surface area (TPSA) is 190 Å². The van der Waals surface area contributed by atoms with Gasteiger partial charge in [0.1, 0.15) is 0 Å². The molecule has 2 aliphatic heterocycles. The molecule has 0 unspecified atom stereocenters. The first-order chi connectivity index (χ1) is 5.91. The minimum Gasteiger partial charge on any atom is -0.679 e. The van der Waals surface area contributed by atoms with Crippen molar-refractivity contribution in [1.82, 2.24) is 0 Å². The third-order valence-electron chi connectivity index (χ3n) is 1.50. The van der Waals surface area contributed by atoms with Crippen LogP contribution in [0.2, 0.25) is 0 Å². The van der Waals surface area contributed by atoms with Crippen molar-refractivity contribution in [3.8, 4) is 0 Å². The summed E-state index contributed by atoms with van der Waals surface area (Å²) in [5.41, 5.74) is 0. The Bertz CT molecular complexity index is 192. The predicted molar refractivity (Wildman–Crippen MR) is 44.5 cm³/mol.